The minimum atomic E-state index is -0.146. The maximum absolute atomic E-state index is 12.2. The maximum Gasteiger partial charge on any atom is 0.306 e. The number of fused-ring (bicyclic) bond motifs is 4. The van der Waals surface area contributed by atoms with Crippen molar-refractivity contribution in [3.05, 3.63) is 11.6 Å². The highest BCUT2D eigenvalue weighted by molar-refractivity contribution is 5.91. The molecule has 0 aromatic rings. The monoisotopic (exact) mass is 342 g/mol. The number of hydrogen-bond acceptors (Lipinski definition) is 3. The van der Waals surface area contributed by atoms with Crippen LogP contribution in [0.1, 0.15) is 71.6 Å². The quantitative estimate of drug-likeness (QED) is 0.611. The summed E-state index contributed by atoms with van der Waals surface area (Å²) in [6, 6.07) is 0. The van der Waals surface area contributed by atoms with Crippen LogP contribution in [0.2, 0.25) is 0 Å². The largest absolute Gasteiger partial charge is 0.458 e. The van der Waals surface area contributed by atoms with Crippen molar-refractivity contribution in [2.75, 3.05) is 0 Å². The molecule has 0 bridgehead atoms. The first-order valence-electron chi connectivity index (χ1n) is 10.4. The number of ketones is 1. The summed E-state index contributed by atoms with van der Waals surface area (Å²) in [7, 11) is 0. The van der Waals surface area contributed by atoms with E-state index in [1.54, 1.807) is 0 Å². The van der Waals surface area contributed by atoms with E-state index in [1.165, 1.54) is 24.8 Å². The van der Waals surface area contributed by atoms with Gasteiger partial charge in [-0.2, -0.15) is 0 Å². The molecular formula is C22H30O3. The summed E-state index contributed by atoms with van der Waals surface area (Å²) in [5.41, 5.74) is 1.47. The van der Waals surface area contributed by atoms with E-state index in [2.05, 4.69) is 13.8 Å². The van der Waals surface area contributed by atoms with Crippen LogP contribution in [0.3, 0.4) is 0 Å². The minimum Gasteiger partial charge on any atom is -0.458 e. The van der Waals surface area contributed by atoms with E-state index >= 15 is 0 Å². The van der Waals surface area contributed by atoms with Crippen molar-refractivity contribution < 1.29 is 14.3 Å². The third-order valence-electron chi connectivity index (χ3n) is 8.86. The van der Waals surface area contributed by atoms with Gasteiger partial charge in [0.1, 0.15) is 5.60 Å². The van der Waals surface area contributed by atoms with Gasteiger partial charge in [-0.25, -0.2) is 0 Å². The predicted octanol–water partition coefficient (Wildman–Crippen LogP) is 4.45. The topological polar surface area (TPSA) is 43.4 Å². The Balaban J connectivity index is 1.55. The molecule has 6 unspecified atom stereocenters. The fourth-order valence-electron chi connectivity index (χ4n) is 7.79. The lowest BCUT2D eigenvalue weighted by atomic mass is 9.44. The van der Waals surface area contributed by atoms with E-state index in [0.717, 1.165) is 25.7 Å². The third kappa shape index (κ3) is 2.04. The van der Waals surface area contributed by atoms with Crippen molar-refractivity contribution in [1.82, 2.24) is 0 Å². The van der Waals surface area contributed by atoms with Gasteiger partial charge in [0.2, 0.25) is 0 Å². The Morgan fingerprint density at radius 3 is 2.76 bits per heavy atom. The molecule has 3 saturated carbocycles. The second-order valence-corrected chi connectivity index (χ2v) is 9.82. The third-order valence-corrected chi connectivity index (χ3v) is 8.86. The van der Waals surface area contributed by atoms with Crippen molar-refractivity contribution in [3.63, 3.8) is 0 Å². The Morgan fingerprint density at radius 2 is 1.92 bits per heavy atom. The summed E-state index contributed by atoms with van der Waals surface area (Å²) < 4.78 is 6.13. The Labute approximate surface area is 150 Å². The van der Waals surface area contributed by atoms with E-state index in [4.69, 9.17) is 4.74 Å². The lowest BCUT2D eigenvalue weighted by Crippen LogP contribution is -2.59. The molecule has 4 aliphatic carbocycles. The smallest absolute Gasteiger partial charge is 0.306 e. The standard InChI is InChI=1S/C22H30O3/c1-13-10-15-11-16(23)6-8-21(15,2)17-7-9-22-14(12-19(24)25-22)4-3-5-18(22)20(13)17/h11,13-14,17-18,20H,3-10,12H2,1-2H3/t13-,14?,17?,18?,20?,21?,22?/m0/s1. The number of ether oxygens (including phenoxy) is 1. The zero-order valence-electron chi connectivity index (χ0n) is 15.6. The summed E-state index contributed by atoms with van der Waals surface area (Å²) in [6.45, 7) is 4.81. The Hall–Kier alpha value is -1.12. The van der Waals surface area contributed by atoms with Crippen molar-refractivity contribution in [2.24, 2.45) is 35.0 Å². The van der Waals surface area contributed by atoms with Crippen LogP contribution >= 0.6 is 0 Å². The summed E-state index contributed by atoms with van der Waals surface area (Å²) in [4.78, 5) is 24.2. The zero-order valence-corrected chi connectivity index (χ0v) is 15.6. The van der Waals surface area contributed by atoms with Gasteiger partial charge in [0, 0.05) is 18.3 Å². The molecule has 7 atom stereocenters. The van der Waals surface area contributed by atoms with Crippen LogP contribution in [0.4, 0.5) is 0 Å². The number of carbonyl (C=O) groups excluding carboxylic acids is 2. The van der Waals surface area contributed by atoms with Crippen molar-refractivity contribution in [1.29, 1.82) is 0 Å². The molecule has 5 rings (SSSR count). The molecule has 3 heteroatoms. The Kier molecular flexibility index (Phi) is 3.35. The van der Waals surface area contributed by atoms with Crippen LogP contribution in [-0.2, 0) is 14.3 Å². The predicted molar refractivity (Wildman–Crippen MR) is 94.7 cm³/mol. The molecule has 1 spiro atoms. The Bertz CT molecular complexity index is 664. The average Bonchev–Trinajstić information content (AvgIpc) is 2.90. The number of hydrogen-bond donors (Lipinski definition) is 0. The number of esters is 1. The first-order chi connectivity index (χ1) is 11.9. The van der Waals surface area contributed by atoms with Crippen LogP contribution in [0.25, 0.3) is 0 Å². The average molecular weight is 342 g/mol. The molecule has 25 heavy (non-hydrogen) atoms. The molecule has 0 radical (unpaired) electrons. The normalized spacial score (nSPS) is 51.6. The molecule has 1 heterocycles. The van der Waals surface area contributed by atoms with Gasteiger partial charge in [-0.15, -0.1) is 0 Å². The number of allylic oxidation sites excluding steroid dienone is 2. The lowest BCUT2D eigenvalue weighted by Gasteiger charge is -2.62. The molecule has 1 aliphatic heterocycles. The van der Waals surface area contributed by atoms with Crippen molar-refractivity contribution in [2.45, 2.75) is 77.2 Å². The SMILES string of the molecule is C[C@H]1CC2=CC(=O)CCC2(C)C2CCC34OC(=O)CC3CCCC4C21. The lowest BCUT2D eigenvalue weighted by molar-refractivity contribution is -0.187. The molecular weight excluding hydrogens is 312 g/mol. The van der Waals surface area contributed by atoms with Crippen molar-refractivity contribution >= 4 is 11.8 Å². The molecule has 3 nitrogen and oxygen atoms in total. The van der Waals surface area contributed by atoms with E-state index in [-0.39, 0.29) is 17.0 Å². The highest BCUT2D eigenvalue weighted by Crippen LogP contribution is 2.66. The van der Waals surface area contributed by atoms with Crippen LogP contribution in [0, 0.1) is 35.0 Å². The molecule has 1 saturated heterocycles. The van der Waals surface area contributed by atoms with Gasteiger partial charge in [0.15, 0.2) is 5.78 Å². The fourth-order valence-corrected chi connectivity index (χ4v) is 7.79. The van der Waals surface area contributed by atoms with Crippen LogP contribution in [-0.4, -0.2) is 17.4 Å². The summed E-state index contributed by atoms with van der Waals surface area (Å²) in [5, 5.41) is 0. The van der Waals surface area contributed by atoms with Gasteiger partial charge in [0.25, 0.3) is 0 Å². The summed E-state index contributed by atoms with van der Waals surface area (Å²) >= 11 is 0. The first-order valence-corrected chi connectivity index (χ1v) is 10.4. The molecule has 136 valence electrons. The van der Waals surface area contributed by atoms with Crippen molar-refractivity contribution in [3.8, 4) is 0 Å². The molecule has 5 aliphatic rings. The van der Waals surface area contributed by atoms with E-state index < -0.39 is 0 Å². The van der Waals surface area contributed by atoms with Gasteiger partial charge in [-0.05, 0) is 67.8 Å². The highest BCUT2D eigenvalue weighted by Gasteiger charge is 2.64. The van der Waals surface area contributed by atoms with E-state index in [0.29, 0.717) is 48.2 Å². The molecule has 4 fully saturated rings. The first kappa shape index (κ1) is 16.1. The van der Waals surface area contributed by atoms with E-state index in [1.807, 2.05) is 6.08 Å². The second-order valence-electron chi connectivity index (χ2n) is 9.82. The molecule has 0 aromatic heterocycles. The van der Waals surface area contributed by atoms with Crippen LogP contribution in [0.15, 0.2) is 11.6 Å². The summed E-state index contributed by atoms with van der Waals surface area (Å²) in [6.07, 6.45) is 11.3. The number of rotatable bonds is 0. The summed E-state index contributed by atoms with van der Waals surface area (Å²) in [5.74, 6) is 3.28. The van der Waals surface area contributed by atoms with Gasteiger partial charge >= 0.3 is 5.97 Å². The molecule has 0 aromatic carbocycles. The fraction of sp³-hybridized carbons (Fsp3) is 0.818. The van der Waals surface area contributed by atoms with Crippen LogP contribution in [0.5, 0.6) is 0 Å². The zero-order chi connectivity index (χ0) is 17.4. The van der Waals surface area contributed by atoms with Gasteiger partial charge in [0.05, 0.1) is 6.42 Å². The molecule has 0 amide bonds. The second kappa shape index (κ2) is 5.20. The highest BCUT2D eigenvalue weighted by atomic mass is 16.6. The Morgan fingerprint density at radius 1 is 1.08 bits per heavy atom. The van der Waals surface area contributed by atoms with Crippen LogP contribution < -0.4 is 0 Å². The van der Waals surface area contributed by atoms with Gasteiger partial charge < -0.3 is 4.74 Å². The molecule has 0 N–H and O–H groups in total. The minimum absolute atomic E-state index is 0.0499. The maximum atomic E-state index is 12.2. The number of carbonyl (C=O) groups is 2. The van der Waals surface area contributed by atoms with E-state index in [9.17, 15) is 9.59 Å². The van der Waals surface area contributed by atoms with Gasteiger partial charge in [-0.1, -0.05) is 25.8 Å². The van der Waals surface area contributed by atoms with Gasteiger partial charge in [-0.3, -0.25) is 9.59 Å².